The van der Waals surface area contributed by atoms with E-state index in [4.69, 9.17) is 0 Å². The molecule has 0 radical (unpaired) electrons. The van der Waals surface area contributed by atoms with Crippen LogP contribution in [0, 0.1) is 13.8 Å². The number of carbonyl (C=O) groups excluding carboxylic acids is 1. The van der Waals surface area contributed by atoms with E-state index in [1.54, 1.807) is 7.05 Å². The Labute approximate surface area is 71.8 Å². The number of hydrogen-bond acceptors (Lipinski definition) is 3. The van der Waals surface area contributed by atoms with Crippen molar-refractivity contribution in [1.82, 2.24) is 4.98 Å². The smallest absolute Gasteiger partial charge is 0.153 e. The van der Waals surface area contributed by atoms with Crippen LogP contribution in [0.2, 0.25) is 0 Å². The number of nitrogens with one attached hydrogen (secondary N) is 1. The lowest BCUT2D eigenvalue weighted by Gasteiger charge is -2.06. The maximum Gasteiger partial charge on any atom is 0.153 e. The molecular formula is C9H12N2O. The van der Waals surface area contributed by atoms with E-state index in [-0.39, 0.29) is 0 Å². The quantitative estimate of drug-likeness (QED) is 0.674. The van der Waals surface area contributed by atoms with E-state index in [2.05, 4.69) is 10.3 Å². The number of aromatic nitrogens is 1. The van der Waals surface area contributed by atoms with Crippen LogP contribution in [0.1, 0.15) is 21.6 Å². The summed E-state index contributed by atoms with van der Waals surface area (Å²) in [6.45, 7) is 3.86. The Bertz CT molecular complexity index is 308. The van der Waals surface area contributed by atoms with Crippen LogP contribution in [0.25, 0.3) is 0 Å². The number of anilines is 1. The molecule has 12 heavy (non-hydrogen) atoms. The molecule has 0 aliphatic carbocycles. The lowest BCUT2D eigenvalue weighted by Crippen LogP contribution is -2.00. The summed E-state index contributed by atoms with van der Waals surface area (Å²) >= 11 is 0. The summed E-state index contributed by atoms with van der Waals surface area (Å²) in [7, 11) is 1.75. The van der Waals surface area contributed by atoms with Crippen molar-refractivity contribution in [1.29, 1.82) is 0 Å². The second kappa shape index (κ2) is 3.34. The van der Waals surface area contributed by atoms with E-state index >= 15 is 0 Å². The predicted molar refractivity (Wildman–Crippen MR) is 48.6 cm³/mol. The van der Waals surface area contributed by atoms with Gasteiger partial charge in [0.25, 0.3) is 0 Å². The minimum absolute atomic E-state index is 0.612. The molecule has 0 fully saturated rings. The van der Waals surface area contributed by atoms with Gasteiger partial charge >= 0.3 is 0 Å². The Morgan fingerprint density at radius 2 is 2.17 bits per heavy atom. The van der Waals surface area contributed by atoms with E-state index in [0.29, 0.717) is 11.4 Å². The lowest BCUT2D eigenvalue weighted by atomic mass is 10.1. The summed E-state index contributed by atoms with van der Waals surface area (Å²) in [4.78, 5) is 14.8. The van der Waals surface area contributed by atoms with Gasteiger partial charge in [-0.1, -0.05) is 0 Å². The fraction of sp³-hybridized carbons (Fsp3) is 0.333. The van der Waals surface area contributed by atoms with Gasteiger partial charge in [0.05, 0.1) is 5.56 Å². The molecular weight excluding hydrogens is 152 g/mol. The van der Waals surface area contributed by atoms with E-state index in [1.807, 2.05) is 19.9 Å². The van der Waals surface area contributed by atoms with Gasteiger partial charge in [0, 0.05) is 12.7 Å². The van der Waals surface area contributed by atoms with Gasteiger partial charge in [0.1, 0.15) is 5.82 Å². The Balaban J connectivity index is 3.28. The summed E-state index contributed by atoms with van der Waals surface area (Å²) in [5, 5.41) is 2.87. The largest absolute Gasteiger partial charge is 0.373 e. The van der Waals surface area contributed by atoms with Crippen LogP contribution in [0.15, 0.2) is 6.07 Å². The molecule has 1 heterocycles. The van der Waals surface area contributed by atoms with Gasteiger partial charge in [-0.05, 0) is 25.5 Å². The molecule has 0 aliphatic heterocycles. The minimum atomic E-state index is 0.612. The zero-order valence-corrected chi connectivity index (χ0v) is 7.51. The second-order valence-electron chi connectivity index (χ2n) is 2.70. The van der Waals surface area contributed by atoms with Crippen molar-refractivity contribution in [2.75, 3.05) is 12.4 Å². The highest BCUT2D eigenvalue weighted by atomic mass is 16.1. The number of rotatable bonds is 2. The highest BCUT2D eigenvalue weighted by Gasteiger charge is 2.03. The zero-order valence-electron chi connectivity index (χ0n) is 7.51. The van der Waals surface area contributed by atoms with Gasteiger partial charge in [-0.25, -0.2) is 4.98 Å². The van der Waals surface area contributed by atoms with E-state index < -0.39 is 0 Å². The summed E-state index contributed by atoms with van der Waals surface area (Å²) < 4.78 is 0. The maximum absolute atomic E-state index is 10.6. The second-order valence-corrected chi connectivity index (χ2v) is 2.70. The molecule has 64 valence electrons. The van der Waals surface area contributed by atoms with Crippen molar-refractivity contribution in [2.45, 2.75) is 13.8 Å². The molecule has 0 amide bonds. The van der Waals surface area contributed by atoms with Crippen LogP contribution in [-0.4, -0.2) is 18.3 Å². The average Bonchev–Trinajstić information content (AvgIpc) is 2.09. The van der Waals surface area contributed by atoms with Crippen molar-refractivity contribution in [2.24, 2.45) is 0 Å². The van der Waals surface area contributed by atoms with Gasteiger partial charge in [0.2, 0.25) is 0 Å². The molecule has 0 aromatic carbocycles. The third kappa shape index (κ3) is 1.44. The Hall–Kier alpha value is -1.38. The van der Waals surface area contributed by atoms with Crippen LogP contribution in [0.3, 0.4) is 0 Å². The molecule has 0 saturated carbocycles. The van der Waals surface area contributed by atoms with Crippen LogP contribution in [-0.2, 0) is 0 Å². The van der Waals surface area contributed by atoms with Crippen molar-refractivity contribution in [3.8, 4) is 0 Å². The topological polar surface area (TPSA) is 42.0 Å². The molecule has 1 N–H and O–H groups in total. The number of hydrogen-bond donors (Lipinski definition) is 1. The molecule has 1 rings (SSSR count). The predicted octanol–water partition coefficient (Wildman–Crippen LogP) is 1.55. The van der Waals surface area contributed by atoms with Gasteiger partial charge in [-0.15, -0.1) is 0 Å². The molecule has 1 aromatic rings. The summed E-state index contributed by atoms with van der Waals surface area (Å²) in [5.41, 5.74) is 2.60. The fourth-order valence-electron chi connectivity index (χ4n) is 1.02. The van der Waals surface area contributed by atoms with Crippen LogP contribution in [0.4, 0.5) is 5.82 Å². The summed E-state index contributed by atoms with van der Waals surface area (Å²) in [5.74, 6) is 0.646. The Kier molecular flexibility index (Phi) is 2.43. The zero-order chi connectivity index (χ0) is 9.14. The van der Waals surface area contributed by atoms with Crippen molar-refractivity contribution in [3.63, 3.8) is 0 Å². The third-order valence-corrected chi connectivity index (χ3v) is 1.86. The van der Waals surface area contributed by atoms with Gasteiger partial charge < -0.3 is 5.32 Å². The molecule has 0 spiro atoms. The number of aldehydes is 1. The standard InChI is InChI=1S/C9H12N2O/c1-6-4-8(5-12)9(10-3)11-7(6)2/h4-5H,1-3H3,(H,10,11). The SMILES string of the molecule is CNc1nc(C)c(C)cc1C=O. The molecule has 0 bridgehead atoms. The first kappa shape index (κ1) is 8.71. The summed E-state index contributed by atoms with van der Waals surface area (Å²) in [6.07, 6.45) is 0.811. The summed E-state index contributed by atoms with van der Waals surface area (Å²) in [6, 6.07) is 1.83. The molecule has 0 unspecified atom stereocenters. The van der Waals surface area contributed by atoms with Gasteiger partial charge in [-0.2, -0.15) is 0 Å². The molecule has 0 aliphatic rings. The van der Waals surface area contributed by atoms with Gasteiger partial charge in [0.15, 0.2) is 6.29 Å². The molecule has 0 atom stereocenters. The first-order valence-corrected chi connectivity index (χ1v) is 3.80. The number of carbonyl (C=O) groups is 1. The van der Waals surface area contributed by atoms with Crippen molar-refractivity contribution in [3.05, 3.63) is 22.9 Å². The molecule has 3 nitrogen and oxygen atoms in total. The number of nitrogens with zero attached hydrogens (tertiary/aromatic N) is 1. The lowest BCUT2D eigenvalue weighted by molar-refractivity contribution is 0.112. The van der Waals surface area contributed by atoms with E-state index in [1.165, 1.54) is 0 Å². The fourth-order valence-corrected chi connectivity index (χ4v) is 1.02. The van der Waals surface area contributed by atoms with Gasteiger partial charge in [-0.3, -0.25) is 4.79 Å². The van der Waals surface area contributed by atoms with E-state index in [9.17, 15) is 4.79 Å². The maximum atomic E-state index is 10.6. The van der Waals surface area contributed by atoms with Crippen molar-refractivity contribution < 1.29 is 4.79 Å². The number of aryl methyl sites for hydroxylation is 2. The average molecular weight is 164 g/mol. The van der Waals surface area contributed by atoms with Crippen LogP contribution < -0.4 is 5.32 Å². The first-order chi connectivity index (χ1) is 5.69. The monoisotopic (exact) mass is 164 g/mol. The molecule has 3 heteroatoms. The van der Waals surface area contributed by atoms with E-state index in [0.717, 1.165) is 17.5 Å². The number of pyridine rings is 1. The first-order valence-electron chi connectivity index (χ1n) is 3.80. The van der Waals surface area contributed by atoms with Crippen LogP contribution >= 0.6 is 0 Å². The molecule has 0 saturated heterocycles. The minimum Gasteiger partial charge on any atom is -0.373 e. The molecule has 1 aromatic heterocycles. The van der Waals surface area contributed by atoms with Crippen LogP contribution in [0.5, 0.6) is 0 Å². The highest BCUT2D eigenvalue weighted by molar-refractivity contribution is 5.82. The third-order valence-electron chi connectivity index (χ3n) is 1.86. The van der Waals surface area contributed by atoms with Crippen molar-refractivity contribution >= 4 is 12.1 Å². The Morgan fingerprint density at radius 3 is 2.67 bits per heavy atom. The highest BCUT2D eigenvalue weighted by Crippen LogP contribution is 2.13. The Morgan fingerprint density at radius 1 is 1.50 bits per heavy atom. The normalized spacial score (nSPS) is 9.58.